The maximum Gasteiger partial charge on any atom is 0.256 e. The van der Waals surface area contributed by atoms with Crippen molar-refractivity contribution in [3.63, 3.8) is 0 Å². The molecule has 1 saturated heterocycles. The fourth-order valence-corrected chi connectivity index (χ4v) is 4.57. The normalized spacial score (nSPS) is 14.9. The van der Waals surface area contributed by atoms with Gasteiger partial charge in [0, 0.05) is 30.1 Å². The molecule has 7 heteroatoms. The molecule has 1 aliphatic rings. The van der Waals surface area contributed by atoms with Gasteiger partial charge in [0.1, 0.15) is 5.03 Å². The number of amides is 1. The Labute approximate surface area is 174 Å². The number of piperidine rings is 1. The Morgan fingerprint density at radius 2 is 1.97 bits per heavy atom. The van der Waals surface area contributed by atoms with Crippen LogP contribution in [0, 0.1) is 20.8 Å². The highest BCUT2D eigenvalue weighted by atomic mass is 32.2. The molecule has 150 valence electrons. The van der Waals surface area contributed by atoms with Crippen molar-refractivity contribution in [3.8, 4) is 0 Å². The molecule has 0 atom stereocenters. The lowest BCUT2D eigenvalue weighted by Crippen LogP contribution is -2.38. The molecule has 1 fully saturated rings. The zero-order chi connectivity index (χ0) is 20.4. The van der Waals surface area contributed by atoms with Crippen LogP contribution >= 0.6 is 11.8 Å². The summed E-state index contributed by atoms with van der Waals surface area (Å²) in [5, 5.41) is 4.63. The molecule has 3 aromatic rings. The maximum atomic E-state index is 13.2. The summed E-state index contributed by atoms with van der Waals surface area (Å²) in [6.45, 7) is 7.34. The van der Waals surface area contributed by atoms with E-state index < -0.39 is 0 Å². The molecule has 0 aliphatic carbocycles. The predicted molar refractivity (Wildman–Crippen MR) is 111 cm³/mol. The topological polar surface area (TPSA) is 72.1 Å². The molecular weight excluding hydrogens is 384 g/mol. The number of hydrogen-bond donors (Lipinski definition) is 0. The van der Waals surface area contributed by atoms with Crippen LogP contribution in [0.2, 0.25) is 0 Å². The summed E-state index contributed by atoms with van der Waals surface area (Å²) in [7, 11) is 0. The molecule has 1 amide bonds. The van der Waals surface area contributed by atoms with Gasteiger partial charge in [-0.25, -0.2) is 4.98 Å². The third-order valence-electron chi connectivity index (χ3n) is 5.21. The quantitative estimate of drug-likeness (QED) is 0.630. The van der Waals surface area contributed by atoms with Crippen LogP contribution in [-0.2, 0) is 0 Å². The standard InChI is InChI=1S/C22H24N4O2S/c1-14-6-7-19(15(2)13-14)29-21-18(5-4-10-23-21)22(27)26-11-8-17(9-12-26)20-24-16(3)25-28-20/h4-7,10,13,17H,8-9,11-12H2,1-3H3. The van der Waals surface area contributed by atoms with Crippen molar-refractivity contribution in [1.82, 2.24) is 20.0 Å². The second kappa shape index (κ2) is 8.37. The molecule has 3 heterocycles. The van der Waals surface area contributed by atoms with Gasteiger partial charge in [0.05, 0.1) is 5.56 Å². The molecule has 0 unspecified atom stereocenters. The van der Waals surface area contributed by atoms with Gasteiger partial charge in [0.2, 0.25) is 5.89 Å². The van der Waals surface area contributed by atoms with E-state index in [-0.39, 0.29) is 11.8 Å². The van der Waals surface area contributed by atoms with Crippen LogP contribution in [0.1, 0.15) is 52.0 Å². The number of rotatable bonds is 4. The highest BCUT2D eigenvalue weighted by Crippen LogP contribution is 2.33. The molecule has 0 N–H and O–H groups in total. The van der Waals surface area contributed by atoms with E-state index in [4.69, 9.17) is 4.52 Å². The summed E-state index contributed by atoms with van der Waals surface area (Å²) in [4.78, 5) is 25.1. The van der Waals surface area contributed by atoms with Gasteiger partial charge in [0.25, 0.3) is 5.91 Å². The smallest absolute Gasteiger partial charge is 0.256 e. The molecule has 2 aromatic heterocycles. The molecule has 1 aromatic carbocycles. The Balaban J connectivity index is 1.48. The minimum Gasteiger partial charge on any atom is -0.339 e. The summed E-state index contributed by atoms with van der Waals surface area (Å²) in [5.74, 6) is 1.59. The van der Waals surface area contributed by atoms with Crippen molar-refractivity contribution in [1.29, 1.82) is 0 Å². The lowest BCUT2D eigenvalue weighted by atomic mass is 9.96. The molecule has 0 radical (unpaired) electrons. The fourth-order valence-electron chi connectivity index (χ4n) is 3.63. The first-order valence-corrected chi connectivity index (χ1v) is 10.6. The van der Waals surface area contributed by atoms with E-state index in [2.05, 4.69) is 47.2 Å². The number of aromatic nitrogens is 3. The van der Waals surface area contributed by atoms with Gasteiger partial charge in [-0.1, -0.05) is 34.6 Å². The third kappa shape index (κ3) is 4.34. The third-order valence-corrected chi connectivity index (χ3v) is 6.41. The number of hydrogen-bond acceptors (Lipinski definition) is 6. The van der Waals surface area contributed by atoms with Crippen LogP contribution in [0.15, 0.2) is 51.0 Å². The summed E-state index contributed by atoms with van der Waals surface area (Å²) in [5.41, 5.74) is 3.07. The number of nitrogens with zero attached hydrogens (tertiary/aromatic N) is 4. The van der Waals surface area contributed by atoms with Gasteiger partial charge in [0.15, 0.2) is 5.82 Å². The van der Waals surface area contributed by atoms with Crippen molar-refractivity contribution in [2.75, 3.05) is 13.1 Å². The first-order valence-electron chi connectivity index (χ1n) is 9.81. The minimum atomic E-state index is 0.0329. The largest absolute Gasteiger partial charge is 0.339 e. The Hall–Kier alpha value is -2.67. The Kier molecular flexibility index (Phi) is 5.67. The SMILES string of the molecule is Cc1ccc(Sc2ncccc2C(=O)N2CCC(c3nc(C)no3)CC2)c(C)c1. The second-order valence-electron chi connectivity index (χ2n) is 7.47. The molecule has 0 spiro atoms. The average molecular weight is 409 g/mol. The Morgan fingerprint density at radius 3 is 2.66 bits per heavy atom. The van der Waals surface area contributed by atoms with E-state index in [0.717, 1.165) is 22.8 Å². The van der Waals surface area contributed by atoms with E-state index in [1.807, 2.05) is 24.0 Å². The van der Waals surface area contributed by atoms with Crippen LogP contribution in [0.5, 0.6) is 0 Å². The lowest BCUT2D eigenvalue weighted by Gasteiger charge is -2.30. The molecule has 0 saturated carbocycles. The van der Waals surface area contributed by atoms with E-state index in [0.29, 0.717) is 30.4 Å². The van der Waals surface area contributed by atoms with Crippen LogP contribution in [0.4, 0.5) is 0 Å². The van der Waals surface area contributed by atoms with Crippen LogP contribution in [0.3, 0.4) is 0 Å². The molecule has 0 bridgehead atoms. The van der Waals surface area contributed by atoms with E-state index in [9.17, 15) is 4.79 Å². The predicted octanol–water partition coefficient (Wildman–Crippen LogP) is 4.56. The fraction of sp³-hybridized carbons (Fsp3) is 0.364. The molecule has 1 aliphatic heterocycles. The van der Waals surface area contributed by atoms with Crippen molar-refractivity contribution < 1.29 is 9.32 Å². The second-order valence-corrected chi connectivity index (χ2v) is 8.50. The minimum absolute atomic E-state index is 0.0329. The summed E-state index contributed by atoms with van der Waals surface area (Å²) < 4.78 is 5.31. The van der Waals surface area contributed by atoms with Gasteiger partial charge in [-0.05, 0) is 57.4 Å². The molecule has 4 rings (SSSR count). The monoisotopic (exact) mass is 408 g/mol. The van der Waals surface area contributed by atoms with E-state index in [1.165, 1.54) is 11.1 Å². The maximum absolute atomic E-state index is 13.2. The van der Waals surface area contributed by atoms with Gasteiger partial charge >= 0.3 is 0 Å². The molecular formula is C22H24N4O2S. The summed E-state index contributed by atoms with van der Waals surface area (Å²) in [6.07, 6.45) is 3.40. The highest BCUT2D eigenvalue weighted by molar-refractivity contribution is 7.99. The van der Waals surface area contributed by atoms with Crippen molar-refractivity contribution in [2.45, 2.75) is 49.5 Å². The number of likely N-dealkylation sites (tertiary alicyclic amines) is 1. The van der Waals surface area contributed by atoms with Crippen molar-refractivity contribution in [3.05, 3.63) is 64.9 Å². The Bertz CT molecular complexity index is 1030. The lowest BCUT2D eigenvalue weighted by molar-refractivity contribution is 0.0700. The van der Waals surface area contributed by atoms with Crippen molar-refractivity contribution in [2.24, 2.45) is 0 Å². The van der Waals surface area contributed by atoms with Gasteiger partial charge < -0.3 is 9.42 Å². The number of pyridine rings is 1. The first kappa shape index (κ1) is 19.6. The first-order chi connectivity index (χ1) is 14.0. The van der Waals surface area contributed by atoms with E-state index in [1.54, 1.807) is 18.0 Å². The van der Waals surface area contributed by atoms with Gasteiger partial charge in [-0.3, -0.25) is 4.79 Å². The zero-order valence-electron chi connectivity index (χ0n) is 16.9. The van der Waals surface area contributed by atoms with Crippen LogP contribution in [0.25, 0.3) is 0 Å². The highest BCUT2D eigenvalue weighted by Gasteiger charge is 2.29. The number of carbonyl (C=O) groups excluding carboxylic acids is 1. The zero-order valence-corrected chi connectivity index (χ0v) is 17.7. The molecule has 6 nitrogen and oxygen atoms in total. The van der Waals surface area contributed by atoms with Crippen LogP contribution < -0.4 is 0 Å². The number of aryl methyl sites for hydroxylation is 3. The Morgan fingerprint density at radius 1 is 1.17 bits per heavy atom. The van der Waals surface area contributed by atoms with Gasteiger partial charge in [-0.2, -0.15) is 4.98 Å². The summed E-state index contributed by atoms with van der Waals surface area (Å²) in [6, 6.07) is 10.0. The average Bonchev–Trinajstić information content (AvgIpc) is 3.16. The van der Waals surface area contributed by atoms with Gasteiger partial charge in [-0.15, -0.1) is 0 Å². The number of benzene rings is 1. The van der Waals surface area contributed by atoms with E-state index >= 15 is 0 Å². The van der Waals surface area contributed by atoms with Crippen LogP contribution in [-0.4, -0.2) is 39.0 Å². The summed E-state index contributed by atoms with van der Waals surface area (Å²) >= 11 is 1.55. The van der Waals surface area contributed by atoms with Crippen molar-refractivity contribution >= 4 is 17.7 Å². The molecule has 29 heavy (non-hydrogen) atoms. The number of carbonyl (C=O) groups is 1.